The Morgan fingerprint density at radius 3 is 2.76 bits per heavy atom. The Labute approximate surface area is 104 Å². The summed E-state index contributed by atoms with van der Waals surface area (Å²) in [5, 5.41) is 10.9. The lowest BCUT2D eigenvalue weighted by atomic mass is 10.3. The molecule has 96 valence electrons. The van der Waals surface area contributed by atoms with Gasteiger partial charge < -0.3 is 10.0 Å². The minimum atomic E-state index is -0.421. The van der Waals surface area contributed by atoms with Crippen molar-refractivity contribution in [3.8, 4) is 0 Å². The molecule has 0 aliphatic heterocycles. The van der Waals surface area contributed by atoms with Crippen molar-refractivity contribution in [2.75, 3.05) is 13.6 Å². The number of amides is 1. The van der Waals surface area contributed by atoms with E-state index in [-0.39, 0.29) is 17.3 Å². The van der Waals surface area contributed by atoms with Crippen LogP contribution in [0.15, 0.2) is 10.2 Å². The Balaban J connectivity index is 2.57. The number of aryl methyl sites for hydroxylation is 1. The highest BCUT2D eigenvalue weighted by Crippen LogP contribution is 2.01. The fraction of sp³-hybridized carbons (Fsp3) is 0.636. The van der Waals surface area contributed by atoms with Crippen LogP contribution < -0.4 is 4.87 Å². The van der Waals surface area contributed by atoms with E-state index in [9.17, 15) is 9.59 Å². The van der Waals surface area contributed by atoms with E-state index in [1.807, 2.05) is 0 Å². The third kappa shape index (κ3) is 3.98. The van der Waals surface area contributed by atoms with Crippen LogP contribution in [-0.2, 0) is 11.3 Å². The molecule has 17 heavy (non-hydrogen) atoms. The third-order valence-corrected chi connectivity index (χ3v) is 3.46. The first-order chi connectivity index (χ1) is 7.91. The van der Waals surface area contributed by atoms with Gasteiger partial charge in [0, 0.05) is 24.7 Å². The number of nitrogens with zero attached hydrogens (tertiary/aromatic N) is 2. The van der Waals surface area contributed by atoms with Gasteiger partial charge >= 0.3 is 4.87 Å². The predicted octanol–water partition coefficient (Wildman–Crippen LogP) is 0.448. The molecule has 6 heteroatoms. The molecule has 0 fully saturated rings. The Morgan fingerprint density at radius 2 is 2.29 bits per heavy atom. The Hall–Kier alpha value is -1.14. The van der Waals surface area contributed by atoms with E-state index in [4.69, 9.17) is 5.11 Å². The van der Waals surface area contributed by atoms with E-state index in [1.54, 1.807) is 26.3 Å². The maximum Gasteiger partial charge on any atom is 0.307 e. The molecule has 1 N–H and O–H groups in total. The van der Waals surface area contributed by atoms with Gasteiger partial charge in [0.25, 0.3) is 0 Å². The lowest BCUT2D eigenvalue weighted by Gasteiger charge is -2.18. The molecule has 0 saturated carbocycles. The van der Waals surface area contributed by atoms with Gasteiger partial charge in [-0.1, -0.05) is 11.3 Å². The van der Waals surface area contributed by atoms with Crippen LogP contribution in [0.3, 0.4) is 0 Å². The standard InChI is InChI=1S/C11H18N2O3S/c1-8-7-17-11(16)13(8)6-10(15)12(3)5-4-9(2)14/h7,9,14H,4-6H2,1-3H3. The maximum atomic E-state index is 11.8. The van der Waals surface area contributed by atoms with E-state index in [0.717, 1.165) is 17.0 Å². The normalized spacial score (nSPS) is 12.5. The second-order valence-corrected chi connectivity index (χ2v) is 5.00. The Morgan fingerprint density at radius 1 is 1.65 bits per heavy atom. The van der Waals surface area contributed by atoms with Gasteiger partial charge in [0.15, 0.2) is 0 Å². The number of thiazole rings is 1. The van der Waals surface area contributed by atoms with Crippen molar-refractivity contribution in [3.63, 3.8) is 0 Å². The molecule has 0 bridgehead atoms. The van der Waals surface area contributed by atoms with Crippen LogP contribution in [0.4, 0.5) is 0 Å². The molecule has 1 aromatic heterocycles. The van der Waals surface area contributed by atoms with Crippen LogP contribution in [0.5, 0.6) is 0 Å². The minimum absolute atomic E-state index is 0.0739. The van der Waals surface area contributed by atoms with Crippen molar-refractivity contribution < 1.29 is 9.90 Å². The zero-order valence-electron chi connectivity index (χ0n) is 10.3. The highest BCUT2D eigenvalue weighted by Gasteiger charge is 2.13. The number of hydrogen-bond acceptors (Lipinski definition) is 4. The molecule has 0 saturated heterocycles. The molecule has 0 aliphatic carbocycles. The quantitative estimate of drug-likeness (QED) is 0.834. The van der Waals surface area contributed by atoms with E-state index < -0.39 is 6.10 Å². The SMILES string of the molecule is Cc1csc(=O)n1CC(=O)N(C)CCC(C)O. The first-order valence-electron chi connectivity index (χ1n) is 5.48. The van der Waals surface area contributed by atoms with Gasteiger partial charge in [-0.25, -0.2) is 0 Å². The summed E-state index contributed by atoms with van der Waals surface area (Å²) in [6, 6.07) is 0. The average molecular weight is 258 g/mol. The lowest BCUT2D eigenvalue weighted by Crippen LogP contribution is -2.34. The second-order valence-electron chi connectivity index (χ2n) is 4.18. The van der Waals surface area contributed by atoms with Crippen LogP contribution in [0.2, 0.25) is 0 Å². The highest BCUT2D eigenvalue weighted by atomic mass is 32.1. The smallest absolute Gasteiger partial charge is 0.307 e. The zero-order valence-corrected chi connectivity index (χ0v) is 11.2. The molecule has 5 nitrogen and oxygen atoms in total. The molecule has 0 spiro atoms. The fourth-order valence-electron chi connectivity index (χ4n) is 1.36. The van der Waals surface area contributed by atoms with Crippen LogP contribution in [0.25, 0.3) is 0 Å². The van der Waals surface area contributed by atoms with E-state index in [1.165, 1.54) is 9.47 Å². The number of aliphatic hydroxyl groups excluding tert-OH is 1. The number of hydrogen-bond donors (Lipinski definition) is 1. The topological polar surface area (TPSA) is 62.5 Å². The van der Waals surface area contributed by atoms with Crippen molar-refractivity contribution in [2.45, 2.75) is 32.9 Å². The maximum absolute atomic E-state index is 11.8. The molecule has 1 aromatic rings. The lowest BCUT2D eigenvalue weighted by molar-refractivity contribution is -0.130. The Kier molecular flexibility index (Phi) is 4.89. The van der Waals surface area contributed by atoms with Crippen molar-refractivity contribution in [3.05, 3.63) is 20.7 Å². The molecule has 0 aliphatic rings. The van der Waals surface area contributed by atoms with Gasteiger partial charge in [-0.3, -0.25) is 14.2 Å². The van der Waals surface area contributed by atoms with Crippen molar-refractivity contribution in [1.29, 1.82) is 0 Å². The largest absolute Gasteiger partial charge is 0.393 e. The summed E-state index contributed by atoms with van der Waals surface area (Å²) in [5.74, 6) is -0.116. The van der Waals surface area contributed by atoms with Crippen LogP contribution in [0.1, 0.15) is 19.0 Å². The number of aromatic nitrogens is 1. The molecule has 1 amide bonds. The summed E-state index contributed by atoms with van der Waals surface area (Å²) in [5.41, 5.74) is 0.803. The molecule has 1 unspecified atom stereocenters. The molecular formula is C11H18N2O3S. The van der Waals surface area contributed by atoms with E-state index >= 15 is 0 Å². The summed E-state index contributed by atoms with van der Waals surface area (Å²) < 4.78 is 1.46. The fourth-order valence-corrected chi connectivity index (χ4v) is 2.09. The molecule has 1 rings (SSSR count). The van der Waals surface area contributed by atoms with Crippen LogP contribution >= 0.6 is 11.3 Å². The van der Waals surface area contributed by atoms with Gasteiger partial charge in [0.1, 0.15) is 6.54 Å². The summed E-state index contributed by atoms with van der Waals surface area (Å²) in [4.78, 5) is 24.7. The summed E-state index contributed by atoms with van der Waals surface area (Å²) >= 11 is 1.10. The first-order valence-corrected chi connectivity index (χ1v) is 6.36. The van der Waals surface area contributed by atoms with Crippen molar-refractivity contribution in [1.82, 2.24) is 9.47 Å². The Bertz CT molecular complexity index is 436. The number of likely N-dealkylation sites (N-methyl/N-ethyl adjacent to an activating group) is 1. The minimum Gasteiger partial charge on any atom is -0.393 e. The summed E-state index contributed by atoms with van der Waals surface area (Å²) in [6.07, 6.45) is 0.121. The number of carbonyl (C=O) groups excluding carboxylic acids is 1. The van der Waals surface area contributed by atoms with Gasteiger partial charge in [0.2, 0.25) is 5.91 Å². The van der Waals surface area contributed by atoms with E-state index in [2.05, 4.69) is 0 Å². The van der Waals surface area contributed by atoms with Crippen LogP contribution in [0, 0.1) is 6.92 Å². The first kappa shape index (κ1) is 13.9. The second kappa shape index (κ2) is 5.97. The van der Waals surface area contributed by atoms with Gasteiger partial charge in [-0.05, 0) is 20.3 Å². The average Bonchev–Trinajstić information content (AvgIpc) is 2.57. The monoisotopic (exact) mass is 258 g/mol. The van der Waals surface area contributed by atoms with Gasteiger partial charge in [-0.2, -0.15) is 0 Å². The van der Waals surface area contributed by atoms with Crippen molar-refractivity contribution in [2.24, 2.45) is 0 Å². The predicted molar refractivity (Wildman–Crippen MR) is 67.3 cm³/mol. The molecule has 0 aromatic carbocycles. The number of aliphatic hydroxyl groups is 1. The van der Waals surface area contributed by atoms with E-state index in [0.29, 0.717) is 13.0 Å². The van der Waals surface area contributed by atoms with Crippen LogP contribution in [-0.4, -0.2) is 40.2 Å². The summed E-state index contributed by atoms with van der Waals surface area (Å²) in [6.45, 7) is 4.06. The molecule has 1 heterocycles. The van der Waals surface area contributed by atoms with Gasteiger partial charge in [0.05, 0.1) is 6.10 Å². The number of rotatable bonds is 5. The molecule has 1 atom stereocenters. The zero-order chi connectivity index (χ0) is 13.0. The third-order valence-electron chi connectivity index (χ3n) is 2.58. The molecular weight excluding hydrogens is 240 g/mol. The van der Waals surface area contributed by atoms with Crippen molar-refractivity contribution >= 4 is 17.2 Å². The molecule has 0 radical (unpaired) electrons. The van der Waals surface area contributed by atoms with Gasteiger partial charge in [-0.15, -0.1) is 0 Å². The number of carbonyl (C=O) groups is 1. The highest BCUT2D eigenvalue weighted by molar-refractivity contribution is 7.07. The summed E-state index contributed by atoms with van der Waals surface area (Å²) in [7, 11) is 1.68.